The summed E-state index contributed by atoms with van der Waals surface area (Å²) in [4.78, 5) is 1.41. The van der Waals surface area contributed by atoms with Crippen LogP contribution in [0.3, 0.4) is 0 Å². The molecule has 3 N–H and O–H groups in total. The van der Waals surface area contributed by atoms with Gasteiger partial charge < -0.3 is 0 Å². The van der Waals surface area contributed by atoms with Crippen molar-refractivity contribution in [3.8, 4) is 0 Å². The Labute approximate surface area is 122 Å². The normalized spacial score (nSPS) is 22.0. The average Bonchev–Trinajstić information content (AvgIpc) is 2.72. The summed E-state index contributed by atoms with van der Waals surface area (Å²) in [5, 5.41) is 0. The maximum Gasteiger partial charge on any atom is 0.0701 e. The molecule has 1 heterocycles. The van der Waals surface area contributed by atoms with E-state index in [0.29, 0.717) is 11.5 Å². The van der Waals surface area contributed by atoms with Crippen LogP contribution in [0.4, 0.5) is 0 Å². The van der Waals surface area contributed by atoms with Crippen molar-refractivity contribution in [3.63, 3.8) is 0 Å². The fraction of sp³-hybridized carbons (Fsp3) is 0.714. The Morgan fingerprint density at radius 1 is 1.44 bits per heavy atom. The fourth-order valence-corrected chi connectivity index (χ4v) is 4.41. The number of hydrazine groups is 1. The molecule has 2 nitrogen and oxygen atoms in total. The Kier molecular flexibility index (Phi) is 4.86. The van der Waals surface area contributed by atoms with Crippen LogP contribution in [0.1, 0.15) is 44.4 Å². The average molecular weight is 331 g/mol. The lowest BCUT2D eigenvalue weighted by molar-refractivity contribution is 0.161. The van der Waals surface area contributed by atoms with E-state index in [9.17, 15) is 0 Å². The zero-order chi connectivity index (χ0) is 13.2. The predicted molar refractivity (Wildman–Crippen MR) is 82.6 cm³/mol. The minimum Gasteiger partial charge on any atom is -0.271 e. The van der Waals surface area contributed by atoms with E-state index < -0.39 is 0 Å². The first kappa shape index (κ1) is 14.5. The Hall–Kier alpha value is 0.1000. The molecule has 1 aromatic heterocycles. The Morgan fingerprint density at radius 3 is 2.61 bits per heavy atom. The Bertz CT molecular complexity index is 379. The summed E-state index contributed by atoms with van der Waals surface area (Å²) in [6, 6.07) is 4.75. The lowest BCUT2D eigenvalue weighted by atomic mass is 9.71. The molecule has 1 unspecified atom stereocenters. The van der Waals surface area contributed by atoms with E-state index in [-0.39, 0.29) is 0 Å². The van der Waals surface area contributed by atoms with Crippen molar-refractivity contribution in [1.29, 1.82) is 0 Å². The van der Waals surface area contributed by atoms with Crippen LogP contribution in [-0.2, 0) is 6.42 Å². The van der Waals surface area contributed by atoms with E-state index in [0.717, 1.165) is 12.3 Å². The van der Waals surface area contributed by atoms with Gasteiger partial charge in [-0.3, -0.25) is 11.3 Å². The molecule has 2 rings (SSSR count). The van der Waals surface area contributed by atoms with Crippen LogP contribution in [0.15, 0.2) is 15.9 Å². The van der Waals surface area contributed by atoms with Crippen molar-refractivity contribution in [2.75, 3.05) is 0 Å². The van der Waals surface area contributed by atoms with Gasteiger partial charge in [0.1, 0.15) is 0 Å². The maximum absolute atomic E-state index is 5.77. The second kappa shape index (κ2) is 6.04. The highest BCUT2D eigenvalue weighted by molar-refractivity contribution is 9.11. The molecular weight excluding hydrogens is 308 g/mol. The zero-order valence-corrected chi connectivity index (χ0v) is 13.6. The van der Waals surface area contributed by atoms with Gasteiger partial charge in [0.15, 0.2) is 0 Å². The highest BCUT2D eigenvalue weighted by atomic mass is 79.9. The van der Waals surface area contributed by atoms with Crippen molar-refractivity contribution in [2.45, 2.75) is 52.0 Å². The monoisotopic (exact) mass is 330 g/mol. The highest BCUT2D eigenvalue weighted by Gasteiger charge is 2.31. The lowest BCUT2D eigenvalue weighted by Gasteiger charge is -2.37. The first-order valence-electron chi connectivity index (χ1n) is 6.70. The molecule has 0 amide bonds. The van der Waals surface area contributed by atoms with Gasteiger partial charge >= 0.3 is 0 Å². The number of hydrogen-bond donors (Lipinski definition) is 2. The molecule has 1 aromatic rings. The molecule has 102 valence electrons. The van der Waals surface area contributed by atoms with E-state index in [2.05, 4.69) is 47.3 Å². The summed E-state index contributed by atoms with van der Waals surface area (Å²) in [5.41, 5.74) is 3.58. The van der Waals surface area contributed by atoms with E-state index in [1.807, 2.05) is 11.3 Å². The molecule has 1 fully saturated rings. The minimum absolute atomic E-state index is 0.423. The van der Waals surface area contributed by atoms with Crippen LogP contribution in [0.5, 0.6) is 0 Å². The predicted octanol–water partition coefficient (Wildman–Crippen LogP) is 4.10. The summed E-state index contributed by atoms with van der Waals surface area (Å²) < 4.78 is 1.21. The van der Waals surface area contributed by atoms with Gasteiger partial charge in [0.2, 0.25) is 0 Å². The van der Waals surface area contributed by atoms with Gasteiger partial charge in [0.25, 0.3) is 0 Å². The molecule has 0 radical (unpaired) electrons. The number of rotatable bonds is 4. The summed E-state index contributed by atoms with van der Waals surface area (Å²) in [7, 11) is 0. The fourth-order valence-electron chi connectivity index (χ4n) is 2.86. The summed E-state index contributed by atoms with van der Waals surface area (Å²) in [5.74, 6) is 6.49. The van der Waals surface area contributed by atoms with Gasteiger partial charge in [-0.2, -0.15) is 0 Å². The van der Waals surface area contributed by atoms with Gasteiger partial charge in [0, 0.05) is 10.9 Å². The zero-order valence-electron chi connectivity index (χ0n) is 11.2. The standard InChI is InChI=1S/C14H23BrN2S/c1-14(2)7-5-10(6-8-14)12(17-16)9-11-3-4-13(15)18-11/h3-4,10,12,17H,5-9,16H2,1-2H3. The summed E-state index contributed by atoms with van der Waals surface area (Å²) in [6.45, 7) is 4.76. The molecule has 18 heavy (non-hydrogen) atoms. The van der Waals surface area contributed by atoms with Crippen LogP contribution >= 0.6 is 27.3 Å². The summed E-state index contributed by atoms with van der Waals surface area (Å²) >= 11 is 5.34. The molecule has 1 aliphatic rings. The number of nitrogens with one attached hydrogen (secondary N) is 1. The third kappa shape index (κ3) is 3.80. The lowest BCUT2D eigenvalue weighted by Crippen LogP contribution is -2.44. The molecule has 1 atom stereocenters. The van der Waals surface area contributed by atoms with Crippen LogP contribution in [0.25, 0.3) is 0 Å². The largest absolute Gasteiger partial charge is 0.271 e. The second-order valence-corrected chi connectivity index (χ2v) is 8.73. The van der Waals surface area contributed by atoms with Crippen molar-refractivity contribution in [1.82, 2.24) is 5.43 Å². The third-order valence-corrected chi connectivity index (χ3v) is 5.86. The first-order valence-corrected chi connectivity index (χ1v) is 8.31. The first-order chi connectivity index (χ1) is 8.50. The topological polar surface area (TPSA) is 38.0 Å². The molecular formula is C14H23BrN2S. The molecule has 1 aliphatic carbocycles. The van der Waals surface area contributed by atoms with Crippen molar-refractivity contribution >= 4 is 27.3 Å². The van der Waals surface area contributed by atoms with E-state index in [1.54, 1.807) is 0 Å². The molecule has 1 saturated carbocycles. The number of nitrogens with two attached hydrogens (primary N) is 1. The van der Waals surface area contributed by atoms with Crippen molar-refractivity contribution in [2.24, 2.45) is 17.2 Å². The smallest absolute Gasteiger partial charge is 0.0701 e. The SMILES string of the molecule is CC1(C)CCC(C(Cc2ccc(Br)s2)NN)CC1. The van der Waals surface area contributed by atoms with Crippen LogP contribution in [0.2, 0.25) is 0 Å². The highest BCUT2D eigenvalue weighted by Crippen LogP contribution is 2.39. The van der Waals surface area contributed by atoms with E-state index in [4.69, 9.17) is 5.84 Å². The second-order valence-electron chi connectivity index (χ2n) is 6.18. The molecule has 0 spiro atoms. The van der Waals surface area contributed by atoms with E-state index in [1.165, 1.54) is 34.3 Å². The minimum atomic E-state index is 0.423. The van der Waals surface area contributed by atoms with Crippen LogP contribution < -0.4 is 11.3 Å². The quantitative estimate of drug-likeness (QED) is 0.644. The number of thiophene rings is 1. The summed E-state index contributed by atoms with van der Waals surface area (Å²) in [6.07, 6.45) is 6.30. The van der Waals surface area contributed by atoms with Gasteiger partial charge in [-0.1, -0.05) is 13.8 Å². The molecule has 0 saturated heterocycles. The third-order valence-electron chi connectivity index (χ3n) is 4.22. The molecule has 0 bridgehead atoms. The Balaban J connectivity index is 1.93. The van der Waals surface area contributed by atoms with Crippen molar-refractivity contribution in [3.05, 3.63) is 20.8 Å². The van der Waals surface area contributed by atoms with Crippen LogP contribution in [0, 0.1) is 11.3 Å². The number of hydrogen-bond acceptors (Lipinski definition) is 3. The van der Waals surface area contributed by atoms with Gasteiger partial charge in [-0.15, -0.1) is 11.3 Å². The van der Waals surface area contributed by atoms with Crippen LogP contribution in [-0.4, -0.2) is 6.04 Å². The van der Waals surface area contributed by atoms with Crippen molar-refractivity contribution < 1.29 is 0 Å². The van der Waals surface area contributed by atoms with Gasteiger partial charge in [-0.05, 0) is 71.5 Å². The number of halogens is 1. The Morgan fingerprint density at radius 2 is 2.11 bits per heavy atom. The van der Waals surface area contributed by atoms with Gasteiger partial charge in [-0.25, -0.2) is 0 Å². The van der Waals surface area contributed by atoms with Gasteiger partial charge in [0.05, 0.1) is 3.79 Å². The molecule has 4 heteroatoms. The molecule has 0 aromatic carbocycles. The van der Waals surface area contributed by atoms with E-state index >= 15 is 0 Å². The maximum atomic E-state index is 5.77. The molecule has 0 aliphatic heterocycles.